The zero-order chi connectivity index (χ0) is 17.5. The molecule has 2 amide bonds. The van der Waals surface area contributed by atoms with Gasteiger partial charge in [-0.05, 0) is 30.9 Å². The molecule has 0 fully saturated rings. The Bertz CT molecular complexity index is 691. The minimum Gasteiger partial charge on any atom is -0.355 e. The van der Waals surface area contributed by atoms with Gasteiger partial charge in [-0.1, -0.05) is 31.2 Å². The lowest BCUT2D eigenvalue weighted by atomic mass is 9.97. The van der Waals surface area contributed by atoms with E-state index in [1.54, 1.807) is 6.07 Å². The van der Waals surface area contributed by atoms with Gasteiger partial charge in [0, 0.05) is 6.54 Å². The number of nitrogens with zero attached hydrogens (tertiary/aromatic N) is 3. The van der Waals surface area contributed by atoms with Crippen molar-refractivity contribution in [2.75, 3.05) is 6.54 Å². The van der Waals surface area contributed by atoms with Crippen LogP contribution in [0.1, 0.15) is 37.3 Å². The Morgan fingerprint density at radius 2 is 2.17 bits per heavy atom. The monoisotopic (exact) mass is 326 g/mol. The lowest BCUT2D eigenvalue weighted by molar-refractivity contribution is -0.132. The number of hydrazone groups is 1. The van der Waals surface area contributed by atoms with Gasteiger partial charge < -0.3 is 5.32 Å². The van der Waals surface area contributed by atoms with Crippen molar-refractivity contribution in [1.82, 2.24) is 10.3 Å². The van der Waals surface area contributed by atoms with E-state index in [9.17, 15) is 9.59 Å². The molecule has 0 bridgehead atoms. The molecule has 24 heavy (non-hydrogen) atoms. The van der Waals surface area contributed by atoms with Gasteiger partial charge in [0.1, 0.15) is 6.42 Å². The second-order valence-corrected chi connectivity index (χ2v) is 5.79. The summed E-state index contributed by atoms with van der Waals surface area (Å²) in [6.07, 6.45) is 1.05. The molecule has 0 saturated heterocycles. The van der Waals surface area contributed by atoms with Gasteiger partial charge >= 0.3 is 0 Å². The van der Waals surface area contributed by atoms with Crippen LogP contribution in [0.2, 0.25) is 0 Å². The Kier molecular flexibility index (Phi) is 6.07. The van der Waals surface area contributed by atoms with E-state index in [1.807, 2.05) is 38.1 Å². The fraction of sp³-hybridized carbons (Fsp3) is 0.444. The van der Waals surface area contributed by atoms with E-state index >= 15 is 0 Å². The smallest absolute Gasteiger partial charge is 0.251 e. The standard InChI is InChI=1S/C18H22N4O2/c1-3-16-15(9-11-20-17(23)8-10-19)18(24)22(21-16)12-14-7-5-4-6-13(14)2/h4-7,15H,3,8-9,11-12H2,1-2H3,(H,20,23). The zero-order valence-corrected chi connectivity index (χ0v) is 14.1. The predicted octanol–water partition coefficient (Wildman–Crippen LogP) is 2.14. The van der Waals surface area contributed by atoms with Gasteiger partial charge in [0.2, 0.25) is 5.91 Å². The van der Waals surface area contributed by atoms with Crippen LogP contribution in [-0.4, -0.2) is 29.1 Å². The molecular formula is C18H22N4O2. The van der Waals surface area contributed by atoms with Gasteiger partial charge in [0.05, 0.1) is 24.2 Å². The molecule has 1 N–H and O–H groups in total. The molecule has 0 spiro atoms. The Morgan fingerprint density at radius 1 is 1.42 bits per heavy atom. The number of rotatable bonds is 7. The molecule has 1 heterocycles. The van der Waals surface area contributed by atoms with Crippen LogP contribution in [0.4, 0.5) is 0 Å². The minimum atomic E-state index is -0.310. The van der Waals surface area contributed by atoms with E-state index in [4.69, 9.17) is 5.26 Å². The summed E-state index contributed by atoms with van der Waals surface area (Å²) < 4.78 is 0. The average Bonchev–Trinajstić information content (AvgIpc) is 2.86. The first-order chi connectivity index (χ1) is 11.6. The topological polar surface area (TPSA) is 85.6 Å². The number of hydrogen-bond acceptors (Lipinski definition) is 4. The molecule has 6 nitrogen and oxygen atoms in total. The van der Waals surface area contributed by atoms with Crippen molar-refractivity contribution in [2.45, 2.75) is 39.7 Å². The highest BCUT2D eigenvalue weighted by Gasteiger charge is 2.34. The molecule has 0 aliphatic carbocycles. The van der Waals surface area contributed by atoms with E-state index in [-0.39, 0.29) is 24.2 Å². The molecule has 1 aromatic carbocycles. The van der Waals surface area contributed by atoms with Crippen LogP contribution >= 0.6 is 0 Å². The Morgan fingerprint density at radius 3 is 2.83 bits per heavy atom. The largest absolute Gasteiger partial charge is 0.355 e. The van der Waals surface area contributed by atoms with Gasteiger partial charge in [-0.3, -0.25) is 9.59 Å². The van der Waals surface area contributed by atoms with Crippen LogP contribution < -0.4 is 5.32 Å². The molecule has 0 aromatic heterocycles. The Balaban J connectivity index is 1.98. The summed E-state index contributed by atoms with van der Waals surface area (Å²) in [7, 11) is 0. The number of carbonyl (C=O) groups excluding carboxylic acids is 2. The third kappa shape index (κ3) is 4.19. The Labute approximate surface area is 142 Å². The zero-order valence-electron chi connectivity index (χ0n) is 14.1. The summed E-state index contributed by atoms with van der Waals surface area (Å²) in [4.78, 5) is 24.0. The SMILES string of the molecule is CCC1=NN(Cc2ccccc2C)C(=O)C1CCNC(=O)CC#N. The first-order valence-electron chi connectivity index (χ1n) is 8.13. The molecule has 6 heteroatoms. The molecule has 126 valence electrons. The maximum absolute atomic E-state index is 12.6. The number of nitrogens with one attached hydrogen (secondary N) is 1. The number of benzene rings is 1. The third-order valence-electron chi connectivity index (χ3n) is 4.14. The van der Waals surface area contributed by atoms with Gasteiger partial charge in [-0.25, -0.2) is 5.01 Å². The van der Waals surface area contributed by atoms with Crippen LogP contribution in [0.5, 0.6) is 0 Å². The molecule has 0 saturated carbocycles. The third-order valence-corrected chi connectivity index (χ3v) is 4.14. The fourth-order valence-electron chi connectivity index (χ4n) is 2.76. The molecule has 1 aliphatic heterocycles. The van der Waals surface area contributed by atoms with Crippen LogP contribution in [0.25, 0.3) is 0 Å². The second kappa shape index (κ2) is 8.25. The second-order valence-electron chi connectivity index (χ2n) is 5.79. The quantitative estimate of drug-likeness (QED) is 0.833. The highest BCUT2D eigenvalue weighted by atomic mass is 16.2. The number of hydrogen-bond donors (Lipinski definition) is 1. The summed E-state index contributed by atoms with van der Waals surface area (Å²) >= 11 is 0. The van der Waals surface area contributed by atoms with Crippen molar-refractivity contribution in [1.29, 1.82) is 5.26 Å². The highest BCUT2D eigenvalue weighted by molar-refractivity contribution is 6.07. The van der Waals surface area contributed by atoms with Crippen LogP contribution in [0, 0.1) is 24.2 Å². The summed E-state index contributed by atoms with van der Waals surface area (Å²) in [5, 5.41) is 17.1. The molecule has 1 aromatic rings. The first kappa shape index (κ1) is 17.7. The maximum Gasteiger partial charge on any atom is 0.251 e. The molecule has 1 unspecified atom stereocenters. The number of carbonyl (C=O) groups is 2. The summed E-state index contributed by atoms with van der Waals surface area (Å²) in [6.45, 7) is 4.83. The first-order valence-corrected chi connectivity index (χ1v) is 8.13. The van der Waals surface area contributed by atoms with E-state index in [0.29, 0.717) is 25.9 Å². The van der Waals surface area contributed by atoms with Gasteiger partial charge in [-0.15, -0.1) is 0 Å². The lowest BCUT2D eigenvalue weighted by Crippen LogP contribution is -2.32. The van der Waals surface area contributed by atoms with Gasteiger partial charge in [0.25, 0.3) is 5.91 Å². The molecule has 0 radical (unpaired) electrons. The minimum absolute atomic E-state index is 0.0235. The van der Waals surface area contributed by atoms with Crippen LogP contribution in [0.15, 0.2) is 29.4 Å². The maximum atomic E-state index is 12.6. The number of nitriles is 1. The highest BCUT2D eigenvalue weighted by Crippen LogP contribution is 2.23. The van der Waals surface area contributed by atoms with Crippen molar-refractivity contribution in [3.05, 3.63) is 35.4 Å². The summed E-state index contributed by atoms with van der Waals surface area (Å²) in [5.74, 6) is -0.624. The van der Waals surface area contributed by atoms with E-state index < -0.39 is 0 Å². The number of aryl methyl sites for hydroxylation is 1. The van der Waals surface area contributed by atoms with Crippen molar-refractivity contribution in [3.63, 3.8) is 0 Å². The van der Waals surface area contributed by atoms with Crippen molar-refractivity contribution in [2.24, 2.45) is 11.0 Å². The normalized spacial score (nSPS) is 16.7. The average molecular weight is 326 g/mol. The van der Waals surface area contributed by atoms with E-state index in [0.717, 1.165) is 16.8 Å². The van der Waals surface area contributed by atoms with Crippen LogP contribution in [0.3, 0.4) is 0 Å². The summed E-state index contributed by atoms with van der Waals surface area (Å²) in [5.41, 5.74) is 3.06. The molecular weight excluding hydrogens is 304 g/mol. The lowest BCUT2D eigenvalue weighted by Gasteiger charge is -2.16. The van der Waals surface area contributed by atoms with Crippen molar-refractivity contribution < 1.29 is 9.59 Å². The van der Waals surface area contributed by atoms with E-state index in [1.165, 1.54) is 5.01 Å². The Hall–Kier alpha value is -2.68. The number of amides is 2. The fourth-order valence-corrected chi connectivity index (χ4v) is 2.76. The van der Waals surface area contributed by atoms with Gasteiger partial charge in [-0.2, -0.15) is 10.4 Å². The predicted molar refractivity (Wildman–Crippen MR) is 90.8 cm³/mol. The van der Waals surface area contributed by atoms with Crippen LogP contribution in [-0.2, 0) is 16.1 Å². The van der Waals surface area contributed by atoms with Crippen molar-refractivity contribution in [3.8, 4) is 6.07 Å². The van der Waals surface area contributed by atoms with Crippen molar-refractivity contribution >= 4 is 17.5 Å². The molecule has 1 aliphatic rings. The molecule has 2 rings (SSSR count). The van der Waals surface area contributed by atoms with E-state index in [2.05, 4.69) is 10.4 Å². The van der Waals surface area contributed by atoms with Gasteiger partial charge in [0.15, 0.2) is 0 Å². The molecule has 1 atom stereocenters. The summed E-state index contributed by atoms with van der Waals surface area (Å²) in [6, 6.07) is 9.74.